The van der Waals surface area contributed by atoms with Gasteiger partial charge in [-0.25, -0.2) is 18.1 Å². The first-order chi connectivity index (χ1) is 8.40. The van der Waals surface area contributed by atoms with Crippen LogP contribution in [0.3, 0.4) is 0 Å². The fraction of sp³-hybridized carbons (Fsp3) is 0.200. The van der Waals surface area contributed by atoms with Crippen molar-refractivity contribution in [3.05, 3.63) is 33.1 Å². The monoisotopic (exact) mass is 302 g/mol. The Kier molecular flexibility index (Phi) is 3.51. The molecule has 2 rings (SSSR count). The lowest BCUT2D eigenvalue weighted by Crippen LogP contribution is -2.29. The smallest absolute Gasteiger partial charge is 0.267 e. The molecule has 2 aromatic rings. The molecule has 5 nitrogen and oxygen atoms in total. The van der Waals surface area contributed by atoms with Gasteiger partial charge >= 0.3 is 0 Å². The molecule has 0 unspecified atom stereocenters. The second kappa shape index (κ2) is 4.79. The predicted molar refractivity (Wildman–Crippen MR) is 70.6 cm³/mol. The Labute approximate surface area is 113 Å². The van der Waals surface area contributed by atoms with Gasteiger partial charge in [0.2, 0.25) is 0 Å². The normalized spacial score (nSPS) is 11.4. The number of thiophene rings is 1. The van der Waals surface area contributed by atoms with Gasteiger partial charge in [0, 0.05) is 0 Å². The van der Waals surface area contributed by atoms with Crippen molar-refractivity contribution in [3.63, 3.8) is 0 Å². The van der Waals surface area contributed by atoms with Crippen LogP contribution in [0.25, 0.3) is 0 Å². The van der Waals surface area contributed by atoms with E-state index in [1.165, 1.54) is 11.3 Å². The highest BCUT2D eigenvalue weighted by Crippen LogP contribution is 2.23. The van der Waals surface area contributed by atoms with Gasteiger partial charge in [-0.05, 0) is 25.3 Å². The molecule has 8 heteroatoms. The molecular weight excluding hydrogens is 292 g/mol. The Morgan fingerprint density at radius 1 is 1.39 bits per heavy atom. The van der Waals surface area contributed by atoms with Gasteiger partial charge in [0.15, 0.2) is 4.21 Å². The molecule has 0 atom stereocenters. The highest BCUT2D eigenvalue weighted by Gasteiger charge is 2.24. The van der Waals surface area contributed by atoms with Gasteiger partial charge in [0.1, 0.15) is 0 Å². The quantitative estimate of drug-likeness (QED) is 0.940. The van der Waals surface area contributed by atoms with Crippen molar-refractivity contribution < 1.29 is 13.2 Å². The zero-order chi connectivity index (χ0) is 13.3. The third-order valence-electron chi connectivity index (χ3n) is 2.08. The third kappa shape index (κ3) is 2.60. The summed E-state index contributed by atoms with van der Waals surface area (Å²) in [7, 11) is -3.83. The van der Waals surface area contributed by atoms with E-state index in [1.54, 1.807) is 31.4 Å². The summed E-state index contributed by atoms with van der Waals surface area (Å²) in [6, 6.07) is 3.26. The van der Waals surface area contributed by atoms with Crippen molar-refractivity contribution in [3.8, 4) is 0 Å². The molecule has 1 N–H and O–H groups in total. The maximum Gasteiger partial charge on any atom is 0.275 e. The van der Waals surface area contributed by atoms with Gasteiger partial charge in [-0.1, -0.05) is 6.07 Å². The van der Waals surface area contributed by atoms with Gasteiger partial charge in [-0.3, -0.25) is 4.79 Å². The van der Waals surface area contributed by atoms with Crippen molar-refractivity contribution in [2.24, 2.45) is 0 Å². The van der Waals surface area contributed by atoms with Crippen molar-refractivity contribution in [1.29, 1.82) is 0 Å². The minimum Gasteiger partial charge on any atom is -0.267 e. The minimum absolute atomic E-state index is 0.0879. The van der Waals surface area contributed by atoms with E-state index in [2.05, 4.69) is 4.98 Å². The number of rotatable bonds is 3. The second-order valence-electron chi connectivity index (χ2n) is 3.52. The standard InChI is InChI=1S/C10H10N2O3S3/c1-6-10(17-7(2)11-6)18(14,15)12-9(13)8-4-3-5-16-8/h3-5H,1-2H3,(H,12,13). The second-order valence-corrected chi connectivity index (χ2v) is 7.55. The molecule has 0 spiro atoms. The van der Waals surface area contributed by atoms with Crippen molar-refractivity contribution >= 4 is 38.6 Å². The zero-order valence-corrected chi connectivity index (χ0v) is 12.1. The summed E-state index contributed by atoms with van der Waals surface area (Å²) in [5.41, 5.74) is 0.406. The molecule has 0 saturated carbocycles. The Hall–Kier alpha value is -1.25. The zero-order valence-electron chi connectivity index (χ0n) is 9.63. The van der Waals surface area contributed by atoms with Crippen molar-refractivity contribution in [1.82, 2.24) is 9.71 Å². The first-order valence-corrected chi connectivity index (χ1v) is 8.13. The van der Waals surface area contributed by atoms with Gasteiger partial charge in [0.05, 0.1) is 15.6 Å². The summed E-state index contributed by atoms with van der Waals surface area (Å²) in [6.07, 6.45) is 0. The summed E-state index contributed by atoms with van der Waals surface area (Å²) in [6.45, 7) is 3.32. The van der Waals surface area contributed by atoms with Crippen LogP contribution >= 0.6 is 22.7 Å². The topological polar surface area (TPSA) is 76.1 Å². The van der Waals surface area contributed by atoms with Crippen LogP contribution < -0.4 is 4.72 Å². The van der Waals surface area contributed by atoms with E-state index in [-0.39, 0.29) is 4.21 Å². The molecule has 18 heavy (non-hydrogen) atoms. The number of aromatic nitrogens is 1. The lowest BCUT2D eigenvalue weighted by molar-refractivity contribution is 0.0985. The average Bonchev–Trinajstić information content (AvgIpc) is 2.86. The van der Waals surface area contributed by atoms with E-state index >= 15 is 0 Å². The first kappa shape index (κ1) is 13.2. The predicted octanol–water partition coefficient (Wildman–Crippen LogP) is 1.94. The van der Waals surface area contributed by atoms with Crippen LogP contribution in [-0.2, 0) is 10.0 Å². The molecule has 2 heterocycles. The SMILES string of the molecule is Cc1nc(C)c(S(=O)(=O)NC(=O)c2cccs2)s1. The highest BCUT2D eigenvalue weighted by atomic mass is 32.2. The minimum atomic E-state index is -3.83. The van der Waals surface area contributed by atoms with Gasteiger partial charge < -0.3 is 0 Å². The van der Waals surface area contributed by atoms with E-state index in [0.717, 1.165) is 11.3 Å². The van der Waals surface area contributed by atoms with Crippen molar-refractivity contribution in [2.45, 2.75) is 18.1 Å². The largest absolute Gasteiger partial charge is 0.275 e. The first-order valence-electron chi connectivity index (χ1n) is 4.95. The van der Waals surface area contributed by atoms with Gasteiger partial charge in [-0.2, -0.15) is 0 Å². The van der Waals surface area contributed by atoms with Crippen LogP contribution in [-0.4, -0.2) is 19.3 Å². The van der Waals surface area contributed by atoms with Crippen LogP contribution in [0, 0.1) is 13.8 Å². The molecule has 0 bridgehead atoms. The Morgan fingerprint density at radius 3 is 2.61 bits per heavy atom. The van der Waals surface area contributed by atoms with E-state index in [9.17, 15) is 13.2 Å². The number of carbonyl (C=O) groups excluding carboxylic acids is 1. The summed E-state index contributed by atoms with van der Waals surface area (Å²) in [4.78, 5) is 16.1. The molecule has 0 aliphatic carbocycles. The number of nitrogens with zero attached hydrogens (tertiary/aromatic N) is 1. The molecule has 0 fully saturated rings. The number of hydrogen-bond acceptors (Lipinski definition) is 6. The molecular formula is C10H10N2O3S3. The summed E-state index contributed by atoms with van der Waals surface area (Å²) >= 11 is 2.24. The fourth-order valence-corrected chi connectivity index (χ4v) is 4.52. The summed E-state index contributed by atoms with van der Waals surface area (Å²) < 4.78 is 26.2. The van der Waals surface area contributed by atoms with Crippen LogP contribution in [0.15, 0.2) is 21.7 Å². The molecule has 0 saturated heterocycles. The van der Waals surface area contributed by atoms with Crippen LogP contribution in [0.5, 0.6) is 0 Å². The van der Waals surface area contributed by atoms with E-state index in [1.807, 2.05) is 4.72 Å². The third-order valence-corrected chi connectivity index (χ3v) is 5.96. The Morgan fingerprint density at radius 2 is 2.11 bits per heavy atom. The Bertz CT molecular complexity index is 671. The average molecular weight is 302 g/mol. The fourth-order valence-electron chi connectivity index (χ4n) is 1.39. The number of sulfonamides is 1. The number of thiazole rings is 1. The summed E-state index contributed by atoms with van der Waals surface area (Å²) in [5, 5.41) is 2.36. The molecule has 1 amide bonds. The van der Waals surface area contributed by atoms with Crippen LogP contribution in [0.1, 0.15) is 20.4 Å². The molecule has 96 valence electrons. The number of carbonyl (C=O) groups is 1. The van der Waals surface area contributed by atoms with Gasteiger partial charge in [0.25, 0.3) is 15.9 Å². The molecule has 0 aliphatic heterocycles. The van der Waals surface area contributed by atoms with E-state index in [4.69, 9.17) is 0 Å². The molecule has 0 aliphatic rings. The lowest BCUT2D eigenvalue weighted by atomic mass is 10.5. The Balaban J connectivity index is 2.28. The lowest BCUT2D eigenvalue weighted by Gasteiger charge is -2.03. The maximum absolute atomic E-state index is 12.0. The van der Waals surface area contributed by atoms with Gasteiger partial charge in [-0.15, -0.1) is 22.7 Å². The summed E-state index contributed by atoms with van der Waals surface area (Å²) in [5.74, 6) is -0.615. The number of hydrogen-bond donors (Lipinski definition) is 1. The molecule has 0 radical (unpaired) electrons. The number of nitrogens with one attached hydrogen (secondary N) is 1. The van der Waals surface area contributed by atoms with E-state index < -0.39 is 15.9 Å². The van der Waals surface area contributed by atoms with E-state index in [0.29, 0.717) is 15.6 Å². The van der Waals surface area contributed by atoms with Crippen LogP contribution in [0.2, 0.25) is 0 Å². The maximum atomic E-state index is 12.0. The number of amides is 1. The molecule has 2 aromatic heterocycles. The highest BCUT2D eigenvalue weighted by molar-refractivity contribution is 7.92. The van der Waals surface area contributed by atoms with Crippen molar-refractivity contribution in [2.75, 3.05) is 0 Å². The number of aryl methyl sites for hydroxylation is 2. The molecule has 0 aromatic carbocycles. The van der Waals surface area contributed by atoms with Crippen LogP contribution in [0.4, 0.5) is 0 Å².